The van der Waals surface area contributed by atoms with Gasteiger partial charge in [-0.2, -0.15) is 0 Å². The topological polar surface area (TPSA) is 151 Å². The first kappa shape index (κ1) is 20.9. The number of rotatable bonds is 10. The van der Waals surface area contributed by atoms with Gasteiger partial charge in [-0.15, -0.1) is 0 Å². The molecular weight excluding hydrogens is 328 g/mol. The fourth-order valence-electron chi connectivity index (χ4n) is 2.70. The van der Waals surface area contributed by atoms with E-state index < -0.39 is 29.9 Å². The quantitative estimate of drug-likeness (QED) is 0.342. The average molecular weight is 356 g/mol. The summed E-state index contributed by atoms with van der Waals surface area (Å²) in [5, 5.41) is 17.3. The van der Waals surface area contributed by atoms with Gasteiger partial charge in [-0.3, -0.25) is 14.4 Å². The molecule has 1 heterocycles. The van der Waals surface area contributed by atoms with E-state index >= 15 is 0 Å². The van der Waals surface area contributed by atoms with Crippen molar-refractivity contribution in [1.29, 1.82) is 0 Å². The van der Waals surface area contributed by atoms with Crippen molar-refractivity contribution in [3.8, 4) is 0 Å². The molecule has 1 aliphatic rings. The molecule has 0 unspecified atom stereocenters. The third-order valence-corrected chi connectivity index (χ3v) is 4.01. The molecule has 25 heavy (non-hydrogen) atoms. The maximum absolute atomic E-state index is 12.4. The minimum Gasteiger partial charge on any atom is -0.480 e. The average Bonchev–Trinajstić information content (AvgIpc) is 3.04. The van der Waals surface area contributed by atoms with E-state index in [2.05, 4.69) is 16.0 Å². The van der Waals surface area contributed by atoms with Crippen LogP contribution in [0.2, 0.25) is 0 Å². The van der Waals surface area contributed by atoms with Crippen molar-refractivity contribution in [3.63, 3.8) is 0 Å². The fraction of sp³-hybridized carbons (Fsp3) is 0.750. The second-order valence-corrected chi connectivity index (χ2v) is 6.74. The number of carboxylic acid groups (broad SMARTS) is 1. The summed E-state index contributed by atoms with van der Waals surface area (Å²) in [4.78, 5) is 47.0. The smallest absolute Gasteiger partial charge is 0.326 e. The Hall–Kier alpha value is -2.16. The maximum Gasteiger partial charge on any atom is 0.326 e. The maximum atomic E-state index is 12.4. The highest BCUT2D eigenvalue weighted by molar-refractivity contribution is 5.92. The Bertz CT molecular complexity index is 503. The van der Waals surface area contributed by atoms with E-state index in [9.17, 15) is 24.3 Å². The van der Waals surface area contributed by atoms with Crippen LogP contribution in [0.1, 0.15) is 46.0 Å². The number of carbonyl (C=O) groups excluding carboxylic acids is 3. The number of hydrogen-bond acceptors (Lipinski definition) is 5. The lowest BCUT2D eigenvalue weighted by atomic mass is 10.0. The van der Waals surface area contributed by atoms with Crippen LogP contribution in [0.15, 0.2) is 0 Å². The Morgan fingerprint density at radius 1 is 1.20 bits per heavy atom. The summed E-state index contributed by atoms with van der Waals surface area (Å²) in [5.41, 5.74) is 5.12. The molecule has 142 valence electrons. The third-order valence-electron chi connectivity index (χ3n) is 4.01. The number of carbonyl (C=O) groups is 4. The molecule has 6 N–H and O–H groups in total. The van der Waals surface area contributed by atoms with Crippen LogP contribution in [0.4, 0.5) is 0 Å². The molecule has 0 aromatic heterocycles. The summed E-state index contributed by atoms with van der Waals surface area (Å²) in [5.74, 6) is -2.62. The van der Waals surface area contributed by atoms with Crippen LogP contribution in [0.3, 0.4) is 0 Å². The van der Waals surface area contributed by atoms with Gasteiger partial charge in [0, 0.05) is 6.42 Å². The van der Waals surface area contributed by atoms with Crippen LogP contribution in [0.5, 0.6) is 0 Å². The minimum absolute atomic E-state index is 0.0215. The van der Waals surface area contributed by atoms with Crippen LogP contribution in [0, 0.1) is 5.92 Å². The molecule has 0 spiro atoms. The van der Waals surface area contributed by atoms with Crippen LogP contribution in [-0.4, -0.2) is 53.5 Å². The summed E-state index contributed by atoms with van der Waals surface area (Å²) < 4.78 is 0. The first-order chi connectivity index (χ1) is 11.7. The molecule has 1 saturated heterocycles. The molecule has 9 nitrogen and oxygen atoms in total. The van der Waals surface area contributed by atoms with E-state index in [1.54, 1.807) is 0 Å². The van der Waals surface area contributed by atoms with E-state index in [-0.39, 0.29) is 37.1 Å². The van der Waals surface area contributed by atoms with Crippen molar-refractivity contribution in [3.05, 3.63) is 0 Å². The Labute approximate surface area is 147 Å². The van der Waals surface area contributed by atoms with Crippen LogP contribution < -0.4 is 21.7 Å². The molecule has 1 rings (SSSR count). The molecule has 0 bridgehead atoms. The lowest BCUT2D eigenvalue weighted by Crippen LogP contribution is -2.54. The van der Waals surface area contributed by atoms with Gasteiger partial charge in [-0.25, -0.2) is 4.79 Å². The first-order valence-electron chi connectivity index (χ1n) is 8.56. The number of nitrogens with one attached hydrogen (secondary N) is 3. The van der Waals surface area contributed by atoms with Crippen LogP contribution in [-0.2, 0) is 19.2 Å². The van der Waals surface area contributed by atoms with E-state index in [1.807, 2.05) is 13.8 Å². The predicted octanol–water partition coefficient (Wildman–Crippen LogP) is -0.896. The number of nitrogens with two attached hydrogens (primary N) is 1. The van der Waals surface area contributed by atoms with Gasteiger partial charge in [0.2, 0.25) is 17.7 Å². The molecule has 3 atom stereocenters. The van der Waals surface area contributed by atoms with E-state index in [0.717, 1.165) is 13.0 Å². The minimum atomic E-state index is -1.14. The molecular formula is C16H28N4O5. The summed E-state index contributed by atoms with van der Waals surface area (Å²) in [7, 11) is 0. The predicted molar refractivity (Wildman–Crippen MR) is 90.4 cm³/mol. The zero-order valence-electron chi connectivity index (χ0n) is 14.7. The SMILES string of the molecule is CC(C)C[C@H](NC(=O)[C@H](CCC(N)=O)NC(=O)[C@@H]1CCCN1)C(=O)O. The second-order valence-electron chi connectivity index (χ2n) is 6.74. The van der Waals surface area contributed by atoms with Gasteiger partial charge in [0.15, 0.2) is 0 Å². The van der Waals surface area contributed by atoms with Gasteiger partial charge >= 0.3 is 5.97 Å². The van der Waals surface area contributed by atoms with Gasteiger partial charge in [0.25, 0.3) is 0 Å². The Balaban J connectivity index is 2.74. The number of amides is 3. The van der Waals surface area contributed by atoms with E-state index in [4.69, 9.17) is 5.73 Å². The van der Waals surface area contributed by atoms with Crippen molar-refractivity contribution >= 4 is 23.7 Å². The van der Waals surface area contributed by atoms with Gasteiger partial charge in [-0.05, 0) is 38.1 Å². The Morgan fingerprint density at radius 3 is 2.36 bits per heavy atom. The highest BCUT2D eigenvalue weighted by atomic mass is 16.4. The second kappa shape index (κ2) is 9.97. The largest absolute Gasteiger partial charge is 0.480 e. The molecule has 3 amide bonds. The van der Waals surface area contributed by atoms with Gasteiger partial charge in [0.05, 0.1) is 6.04 Å². The van der Waals surface area contributed by atoms with E-state index in [0.29, 0.717) is 6.42 Å². The number of primary amides is 1. The van der Waals surface area contributed by atoms with E-state index in [1.165, 1.54) is 0 Å². The Morgan fingerprint density at radius 2 is 1.88 bits per heavy atom. The number of hydrogen-bond donors (Lipinski definition) is 5. The number of carboxylic acids is 1. The normalized spacial score (nSPS) is 19.2. The summed E-state index contributed by atoms with van der Waals surface area (Å²) in [6, 6.07) is -2.43. The Kier molecular flexibility index (Phi) is 8.33. The van der Waals surface area contributed by atoms with Crippen LogP contribution >= 0.6 is 0 Å². The zero-order valence-corrected chi connectivity index (χ0v) is 14.7. The lowest BCUT2D eigenvalue weighted by molar-refractivity contribution is -0.142. The molecule has 9 heteroatoms. The highest BCUT2D eigenvalue weighted by Crippen LogP contribution is 2.08. The fourth-order valence-corrected chi connectivity index (χ4v) is 2.70. The molecule has 0 aromatic carbocycles. The summed E-state index contributed by atoms with van der Waals surface area (Å²) in [6.07, 6.45) is 1.74. The van der Waals surface area contributed by atoms with Gasteiger partial charge in [0.1, 0.15) is 12.1 Å². The summed E-state index contributed by atoms with van der Waals surface area (Å²) in [6.45, 7) is 4.42. The van der Waals surface area contributed by atoms with Crippen LogP contribution in [0.25, 0.3) is 0 Å². The van der Waals surface area contributed by atoms with Gasteiger partial charge < -0.3 is 26.8 Å². The van der Waals surface area contributed by atoms with Crippen molar-refractivity contribution in [2.24, 2.45) is 11.7 Å². The van der Waals surface area contributed by atoms with Crippen molar-refractivity contribution in [2.75, 3.05) is 6.54 Å². The zero-order chi connectivity index (χ0) is 19.0. The van der Waals surface area contributed by atoms with Crippen molar-refractivity contribution in [1.82, 2.24) is 16.0 Å². The highest BCUT2D eigenvalue weighted by Gasteiger charge is 2.30. The molecule has 0 radical (unpaired) electrons. The van der Waals surface area contributed by atoms with Crippen molar-refractivity contribution < 1.29 is 24.3 Å². The molecule has 0 aliphatic carbocycles. The summed E-state index contributed by atoms with van der Waals surface area (Å²) >= 11 is 0. The first-order valence-corrected chi connectivity index (χ1v) is 8.56. The van der Waals surface area contributed by atoms with Crippen molar-refractivity contribution in [2.45, 2.75) is 64.1 Å². The molecule has 1 fully saturated rings. The monoisotopic (exact) mass is 356 g/mol. The third kappa shape index (κ3) is 7.51. The number of aliphatic carboxylic acids is 1. The molecule has 0 saturated carbocycles. The lowest BCUT2D eigenvalue weighted by Gasteiger charge is -2.23. The molecule has 0 aromatic rings. The standard InChI is InChI=1S/C16H28N4O5/c1-9(2)8-12(16(24)25)20-15(23)11(5-6-13(17)21)19-14(22)10-4-3-7-18-10/h9-12,18H,3-8H2,1-2H3,(H2,17,21)(H,19,22)(H,20,23)(H,24,25)/t10-,11-,12-/m0/s1. The van der Waals surface area contributed by atoms with Gasteiger partial charge in [-0.1, -0.05) is 13.8 Å². The molecule has 1 aliphatic heterocycles.